The zero-order valence-electron chi connectivity index (χ0n) is 21.6. The predicted molar refractivity (Wildman–Crippen MR) is 173 cm³/mol. The number of hydrogen-bond acceptors (Lipinski definition) is 3. The van der Waals surface area contributed by atoms with E-state index in [1.165, 1.54) is 30.9 Å². The molecule has 2 heterocycles. The molecular formula is C36H25N3S. The van der Waals surface area contributed by atoms with Gasteiger partial charge in [0.25, 0.3) is 0 Å². The van der Waals surface area contributed by atoms with Crippen molar-refractivity contribution in [3.8, 4) is 0 Å². The Morgan fingerprint density at radius 3 is 1.93 bits per heavy atom. The summed E-state index contributed by atoms with van der Waals surface area (Å²) < 4.78 is 2.52. The van der Waals surface area contributed by atoms with Gasteiger partial charge >= 0.3 is 0 Å². The van der Waals surface area contributed by atoms with Gasteiger partial charge in [-0.1, -0.05) is 84.9 Å². The Hall–Kier alpha value is -5.06. The highest BCUT2D eigenvalue weighted by Crippen LogP contribution is 2.43. The van der Waals surface area contributed by atoms with Crippen molar-refractivity contribution >= 4 is 81.8 Å². The predicted octanol–water partition coefficient (Wildman–Crippen LogP) is 10.9. The molecule has 0 fully saturated rings. The van der Waals surface area contributed by atoms with E-state index >= 15 is 0 Å². The zero-order valence-corrected chi connectivity index (χ0v) is 22.5. The molecule has 0 aliphatic rings. The van der Waals surface area contributed by atoms with Crippen molar-refractivity contribution in [2.24, 2.45) is 0 Å². The summed E-state index contributed by atoms with van der Waals surface area (Å²) >= 11 is 1.84. The fourth-order valence-corrected chi connectivity index (χ4v) is 6.95. The molecule has 0 amide bonds. The van der Waals surface area contributed by atoms with E-state index in [1.54, 1.807) is 0 Å². The molecule has 8 rings (SSSR count). The van der Waals surface area contributed by atoms with Crippen molar-refractivity contribution in [1.29, 1.82) is 0 Å². The minimum absolute atomic E-state index is 1.08. The summed E-state index contributed by atoms with van der Waals surface area (Å²) in [5, 5.41) is 8.79. The minimum atomic E-state index is 1.08. The van der Waals surface area contributed by atoms with Crippen molar-refractivity contribution in [3.05, 3.63) is 140 Å². The Morgan fingerprint density at radius 1 is 0.500 bits per heavy atom. The van der Waals surface area contributed by atoms with Gasteiger partial charge in [0.05, 0.1) is 21.6 Å². The third-order valence-corrected chi connectivity index (χ3v) is 8.78. The van der Waals surface area contributed by atoms with Gasteiger partial charge in [-0.25, -0.2) is 0 Å². The van der Waals surface area contributed by atoms with Gasteiger partial charge in [-0.15, -0.1) is 11.3 Å². The number of fused-ring (bicyclic) bond motifs is 6. The lowest BCUT2D eigenvalue weighted by Crippen LogP contribution is -2.09. The summed E-state index contributed by atoms with van der Waals surface area (Å²) in [5.74, 6) is 0. The summed E-state index contributed by atoms with van der Waals surface area (Å²) in [4.78, 5) is 5.95. The van der Waals surface area contributed by atoms with Crippen LogP contribution in [0.1, 0.15) is 0 Å². The van der Waals surface area contributed by atoms with Crippen molar-refractivity contribution in [1.82, 2.24) is 4.98 Å². The lowest BCUT2D eigenvalue weighted by molar-refractivity contribution is 1.29. The van der Waals surface area contributed by atoms with Gasteiger partial charge in [-0.05, 0) is 54.6 Å². The van der Waals surface area contributed by atoms with E-state index in [0.717, 1.165) is 39.5 Å². The molecular weight excluding hydrogens is 506 g/mol. The maximum absolute atomic E-state index is 3.77. The lowest BCUT2D eigenvalue weighted by Gasteiger charge is -2.25. The third-order valence-electron chi connectivity index (χ3n) is 7.58. The summed E-state index contributed by atoms with van der Waals surface area (Å²) in [5.41, 5.74) is 7.92. The number of nitrogens with zero attached hydrogens (tertiary/aromatic N) is 1. The molecule has 0 saturated heterocycles. The first-order chi connectivity index (χ1) is 19.8. The van der Waals surface area contributed by atoms with Gasteiger partial charge in [-0.2, -0.15) is 0 Å². The molecule has 0 bridgehead atoms. The maximum Gasteiger partial charge on any atom is 0.0704 e. The van der Waals surface area contributed by atoms with Crippen molar-refractivity contribution in [2.75, 3.05) is 10.2 Å². The molecule has 0 saturated carbocycles. The number of H-pyrrole nitrogens is 1. The number of nitrogens with one attached hydrogen (secondary N) is 2. The van der Waals surface area contributed by atoms with E-state index in [1.807, 2.05) is 11.3 Å². The van der Waals surface area contributed by atoms with Crippen LogP contribution >= 0.6 is 11.3 Å². The second kappa shape index (κ2) is 9.30. The standard InChI is InChI=1S/C36H25N3S/c1-3-11-24(12-4-1)39(25-13-5-2-6-14-25)26-21-22-28-30-17-10-20-33(36(30)40-34(28)23-26)37-32-19-9-16-29-27-15-7-8-18-31(27)38-35(29)32/h1-23,37-38H. The molecule has 0 atom stereocenters. The van der Waals surface area contributed by atoms with E-state index in [4.69, 9.17) is 0 Å². The Kier molecular flexibility index (Phi) is 5.32. The van der Waals surface area contributed by atoms with Gasteiger partial charge in [0.1, 0.15) is 0 Å². The first-order valence-corrected chi connectivity index (χ1v) is 14.3. The van der Waals surface area contributed by atoms with Crippen molar-refractivity contribution in [3.63, 3.8) is 0 Å². The van der Waals surface area contributed by atoms with Gasteiger partial charge in [0.15, 0.2) is 0 Å². The Labute approximate surface area is 235 Å². The molecule has 40 heavy (non-hydrogen) atoms. The highest BCUT2D eigenvalue weighted by molar-refractivity contribution is 7.26. The third kappa shape index (κ3) is 3.73. The average molecular weight is 532 g/mol. The molecule has 0 spiro atoms. The van der Waals surface area contributed by atoms with Crippen LogP contribution in [0.5, 0.6) is 0 Å². The van der Waals surface area contributed by atoms with Gasteiger partial charge < -0.3 is 15.2 Å². The molecule has 0 radical (unpaired) electrons. The molecule has 190 valence electrons. The van der Waals surface area contributed by atoms with E-state index < -0.39 is 0 Å². The molecule has 2 aromatic heterocycles. The van der Waals surface area contributed by atoms with Gasteiger partial charge in [-0.3, -0.25) is 0 Å². The average Bonchev–Trinajstić information content (AvgIpc) is 3.58. The fraction of sp³-hybridized carbons (Fsp3) is 0. The van der Waals surface area contributed by atoms with Crippen LogP contribution in [-0.4, -0.2) is 4.98 Å². The van der Waals surface area contributed by atoms with Crippen molar-refractivity contribution in [2.45, 2.75) is 0 Å². The number of hydrogen-bond donors (Lipinski definition) is 2. The summed E-state index contributed by atoms with van der Waals surface area (Å²) in [6.45, 7) is 0. The molecule has 4 heteroatoms. The summed E-state index contributed by atoms with van der Waals surface area (Å²) in [6.07, 6.45) is 0. The number of rotatable bonds is 5. The zero-order chi connectivity index (χ0) is 26.5. The van der Waals surface area contributed by atoms with Crippen LogP contribution in [0.4, 0.5) is 28.4 Å². The topological polar surface area (TPSA) is 31.1 Å². The highest BCUT2D eigenvalue weighted by Gasteiger charge is 2.16. The summed E-state index contributed by atoms with van der Waals surface area (Å²) in [6, 6.07) is 49.5. The number of benzene rings is 6. The monoisotopic (exact) mass is 531 g/mol. The van der Waals surface area contributed by atoms with E-state index in [9.17, 15) is 0 Å². The fourth-order valence-electron chi connectivity index (χ4n) is 5.75. The number of aromatic nitrogens is 1. The van der Waals surface area contributed by atoms with E-state index in [0.29, 0.717) is 0 Å². The lowest BCUT2D eigenvalue weighted by atomic mass is 10.1. The molecule has 3 nitrogen and oxygen atoms in total. The Balaban J connectivity index is 1.25. The minimum Gasteiger partial charge on any atom is -0.353 e. The SMILES string of the molecule is c1ccc(N(c2ccccc2)c2ccc3c(c2)sc2c(Nc4cccc5c4[nH]c4ccccc45)cccc23)cc1. The van der Waals surface area contributed by atoms with Crippen LogP contribution in [0.3, 0.4) is 0 Å². The largest absolute Gasteiger partial charge is 0.353 e. The van der Waals surface area contributed by atoms with Crippen LogP contribution < -0.4 is 10.2 Å². The maximum atomic E-state index is 3.77. The van der Waals surface area contributed by atoms with Gasteiger partial charge in [0, 0.05) is 48.8 Å². The molecule has 0 unspecified atom stereocenters. The van der Waals surface area contributed by atoms with E-state index in [-0.39, 0.29) is 0 Å². The second-order valence-electron chi connectivity index (χ2n) is 10.00. The molecule has 0 aliphatic carbocycles. The Morgan fingerprint density at radius 2 is 1.15 bits per heavy atom. The van der Waals surface area contributed by atoms with Crippen molar-refractivity contribution < 1.29 is 0 Å². The van der Waals surface area contributed by atoms with Crippen LogP contribution in [0.15, 0.2) is 140 Å². The van der Waals surface area contributed by atoms with E-state index in [2.05, 4.69) is 155 Å². The first-order valence-electron chi connectivity index (χ1n) is 13.5. The number of thiophene rings is 1. The number of para-hydroxylation sites is 4. The summed E-state index contributed by atoms with van der Waals surface area (Å²) in [7, 11) is 0. The van der Waals surface area contributed by atoms with Crippen LogP contribution in [0.2, 0.25) is 0 Å². The molecule has 2 N–H and O–H groups in total. The second-order valence-corrected chi connectivity index (χ2v) is 11.0. The molecule has 0 aliphatic heterocycles. The first kappa shape index (κ1) is 22.9. The smallest absolute Gasteiger partial charge is 0.0704 e. The number of anilines is 5. The molecule has 6 aromatic carbocycles. The van der Waals surface area contributed by atoms with Crippen LogP contribution in [0.25, 0.3) is 42.0 Å². The van der Waals surface area contributed by atoms with Crippen LogP contribution in [0, 0.1) is 0 Å². The van der Waals surface area contributed by atoms with Crippen LogP contribution in [-0.2, 0) is 0 Å². The normalized spacial score (nSPS) is 11.5. The number of aromatic amines is 1. The molecule has 8 aromatic rings. The highest BCUT2D eigenvalue weighted by atomic mass is 32.1. The quantitative estimate of drug-likeness (QED) is 0.231. The van der Waals surface area contributed by atoms with Gasteiger partial charge in [0.2, 0.25) is 0 Å². The Bertz CT molecular complexity index is 2100.